The zero-order chi connectivity index (χ0) is 12.3. The van der Waals surface area contributed by atoms with E-state index in [-0.39, 0.29) is 17.0 Å². The molecule has 0 radical (unpaired) electrons. The van der Waals surface area contributed by atoms with Gasteiger partial charge in [-0.05, 0) is 25.1 Å². The van der Waals surface area contributed by atoms with Crippen LogP contribution in [-0.2, 0) is 4.79 Å². The number of nitrogen functional groups attached to an aromatic ring is 1. The van der Waals surface area contributed by atoms with Gasteiger partial charge in [0.05, 0.1) is 11.3 Å². The maximum Gasteiger partial charge on any atom is 0.344 e. The van der Waals surface area contributed by atoms with Gasteiger partial charge in [-0.15, -0.1) is 0 Å². The molecule has 1 unspecified atom stereocenters. The van der Waals surface area contributed by atoms with Crippen LogP contribution in [0.3, 0.4) is 0 Å². The van der Waals surface area contributed by atoms with Crippen LogP contribution in [0.25, 0.3) is 0 Å². The van der Waals surface area contributed by atoms with Crippen LogP contribution in [0.15, 0.2) is 18.2 Å². The Balaban J connectivity index is 2.98. The second kappa shape index (κ2) is 4.52. The molecule has 0 aromatic heterocycles. The van der Waals surface area contributed by atoms with Crippen molar-refractivity contribution in [3.8, 4) is 5.75 Å². The third-order valence-electron chi connectivity index (χ3n) is 1.91. The summed E-state index contributed by atoms with van der Waals surface area (Å²) in [5.74, 6) is -2.23. The molecule has 0 bridgehead atoms. The third-order valence-corrected chi connectivity index (χ3v) is 1.91. The maximum absolute atomic E-state index is 10.7. The molecule has 0 heterocycles. The van der Waals surface area contributed by atoms with Crippen molar-refractivity contribution >= 4 is 17.6 Å². The number of carboxylic acid groups (broad SMARTS) is 2. The molecule has 0 saturated carbocycles. The predicted octanol–water partition coefficient (Wildman–Crippen LogP) is 0.819. The Morgan fingerprint density at radius 2 is 2.00 bits per heavy atom. The molecular formula is C10H11NO5. The van der Waals surface area contributed by atoms with E-state index in [1.807, 2.05) is 0 Å². The molecule has 0 aliphatic carbocycles. The average Bonchev–Trinajstić information content (AvgIpc) is 2.20. The zero-order valence-corrected chi connectivity index (χ0v) is 8.51. The number of nitrogens with two attached hydrogens (primary N) is 1. The van der Waals surface area contributed by atoms with Crippen LogP contribution < -0.4 is 10.5 Å². The molecule has 4 N–H and O–H groups in total. The van der Waals surface area contributed by atoms with Gasteiger partial charge in [-0.3, -0.25) is 0 Å². The third kappa shape index (κ3) is 2.63. The molecule has 86 valence electrons. The van der Waals surface area contributed by atoms with Gasteiger partial charge in [0.2, 0.25) is 0 Å². The van der Waals surface area contributed by atoms with Gasteiger partial charge in [-0.2, -0.15) is 0 Å². The standard InChI is InChI=1S/C10H11NO5/c1-5(9(12)13)16-8-4-6(10(14)15)2-3-7(8)11/h2-5H,11H2,1H3,(H,12,13)(H,14,15). The fourth-order valence-corrected chi connectivity index (χ4v) is 1.01. The number of hydrogen-bond acceptors (Lipinski definition) is 4. The van der Waals surface area contributed by atoms with Gasteiger partial charge in [0.1, 0.15) is 5.75 Å². The predicted molar refractivity (Wildman–Crippen MR) is 55.5 cm³/mol. The number of carbonyl (C=O) groups is 2. The van der Waals surface area contributed by atoms with Crippen molar-refractivity contribution in [2.24, 2.45) is 0 Å². The summed E-state index contributed by atoms with van der Waals surface area (Å²) in [6.45, 7) is 1.33. The highest BCUT2D eigenvalue weighted by molar-refractivity contribution is 5.89. The lowest BCUT2D eigenvalue weighted by molar-refractivity contribution is -0.144. The number of hydrogen-bond donors (Lipinski definition) is 3. The molecule has 0 amide bonds. The molecule has 1 atom stereocenters. The summed E-state index contributed by atoms with van der Waals surface area (Å²) in [5.41, 5.74) is 5.71. The van der Waals surface area contributed by atoms with E-state index < -0.39 is 18.0 Å². The molecule has 0 spiro atoms. The molecule has 0 fully saturated rings. The van der Waals surface area contributed by atoms with E-state index in [0.717, 1.165) is 0 Å². The van der Waals surface area contributed by atoms with E-state index in [2.05, 4.69) is 0 Å². The van der Waals surface area contributed by atoms with Gasteiger partial charge in [-0.25, -0.2) is 9.59 Å². The van der Waals surface area contributed by atoms with E-state index in [1.54, 1.807) is 0 Å². The number of anilines is 1. The fraction of sp³-hybridized carbons (Fsp3) is 0.200. The van der Waals surface area contributed by atoms with E-state index in [1.165, 1.54) is 25.1 Å². The topological polar surface area (TPSA) is 110 Å². The fourth-order valence-electron chi connectivity index (χ4n) is 1.01. The van der Waals surface area contributed by atoms with Crippen molar-refractivity contribution in [1.82, 2.24) is 0 Å². The van der Waals surface area contributed by atoms with Crippen LogP contribution in [0, 0.1) is 0 Å². The first-order chi connectivity index (χ1) is 7.41. The second-order valence-corrected chi connectivity index (χ2v) is 3.16. The summed E-state index contributed by atoms with van der Waals surface area (Å²) < 4.78 is 5.01. The summed E-state index contributed by atoms with van der Waals surface area (Å²) in [7, 11) is 0. The summed E-state index contributed by atoms with van der Waals surface area (Å²) >= 11 is 0. The normalized spacial score (nSPS) is 11.8. The van der Waals surface area contributed by atoms with Gasteiger partial charge in [-0.1, -0.05) is 0 Å². The molecule has 1 aromatic rings. The Bertz CT molecular complexity index is 429. The van der Waals surface area contributed by atoms with Crippen LogP contribution in [0.4, 0.5) is 5.69 Å². The van der Waals surface area contributed by atoms with Crippen LogP contribution >= 0.6 is 0 Å². The zero-order valence-electron chi connectivity index (χ0n) is 8.51. The Hall–Kier alpha value is -2.24. The van der Waals surface area contributed by atoms with Crippen molar-refractivity contribution < 1.29 is 24.5 Å². The van der Waals surface area contributed by atoms with E-state index in [4.69, 9.17) is 20.7 Å². The number of carboxylic acids is 2. The van der Waals surface area contributed by atoms with Crippen LogP contribution in [0.2, 0.25) is 0 Å². The first-order valence-electron chi connectivity index (χ1n) is 4.44. The quantitative estimate of drug-likeness (QED) is 0.654. The number of ether oxygens (including phenoxy) is 1. The number of benzene rings is 1. The maximum atomic E-state index is 10.7. The summed E-state index contributed by atoms with van der Waals surface area (Å²) in [6.07, 6.45) is -1.09. The van der Waals surface area contributed by atoms with E-state index in [0.29, 0.717) is 0 Å². The highest BCUT2D eigenvalue weighted by Crippen LogP contribution is 2.23. The lowest BCUT2D eigenvalue weighted by Gasteiger charge is -2.12. The van der Waals surface area contributed by atoms with Crippen molar-refractivity contribution in [3.05, 3.63) is 23.8 Å². The molecule has 16 heavy (non-hydrogen) atoms. The highest BCUT2D eigenvalue weighted by atomic mass is 16.5. The van der Waals surface area contributed by atoms with E-state index in [9.17, 15) is 9.59 Å². The first-order valence-corrected chi connectivity index (χ1v) is 4.44. The monoisotopic (exact) mass is 225 g/mol. The highest BCUT2D eigenvalue weighted by Gasteiger charge is 2.15. The Kier molecular flexibility index (Phi) is 3.34. The van der Waals surface area contributed by atoms with Crippen molar-refractivity contribution in [3.63, 3.8) is 0 Å². The molecule has 6 nitrogen and oxygen atoms in total. The minimum absolute atomic E-state index is 0.0122. The van der Waals surface area contributed by atoms with Crippen molar-refractivity contribution in [2.75, 3.05) is 5.73 Å². The molecule has 0 saturated heterocycles. The van der Waals surface area contributed by atoms with Gasteiger partial charge < -0.3 is 20.7 Å². The van der Waals surface area contributed by atoms with Gasteiger partial charge in [0, 0.05) is 0 Å². The molecule has 1 aromatic carbocycles. The summed E-state index contributed by atoms with van der Waals surface area (Å²) in [4.78, 5) is 21.2. The van der Waals surface area contributed by atoms with Crippen LogP contribution in [0.5, 0.6) is 5.75 Å². The van der Waals surface area contributed by atoms with Crippen LogP contribution in [-0.4, -0.2) is 28.3 Å². The molecule has 0 aliphatic rings. The molecule has 1 rings (SSSR count). The Labute approximate surface area is 91.3 Å². The summed E-state index contributed by atoms with van der Waals surface area (Å²) in [6, 6.07) is 3.86. The molecule has 6 heteroatoms. The largest absolute Gasteiger partial charge is 0.479 e. The minimum atomic E-state index is -1.15. The van der Waals surface area contributed by atoms with Gasteiger partial charge in [0.25, 0.3) is 0 Å². The number of rotatable bonds is 4. The lowest BCUT2D eigenvalue weighted by Crippen LogP contribution is -2.23. The van der Waals surface area contributed by atoms with Gasteiger partial charge >= 0.3 is 11.9 Å². The Morgan fingerprint density at radius 3 is 2.50 bits per heavy atom. The Morgan fingerprint density at radius 1 is 1.38 bits per heavy atom. The van der Waals surface area contributed by atoms with E-state index >= 15 is 0 Å². The van der Waals surface area contributed by atoms with Gasteiger partial charge in [0.15, 0.2) is 6.10 Å². The minimum Gasteiger partial charge on any atom is -0.479 e. The SMILES string of the molecule is CC(Oc1cc(C(=O)O)ccc1N)C(=O)O. The van der Waals surface area contributed by atoms with Crippen molar-refractivity contribution in [1.29, 1.82) is 0 Å². The molecular weight excluding hydrogens is 214 g/mol. The summed E-state index contributed by atoms with van der Waals surface area (Å²) in [5, 5.41) is 17.4. The smallest absolute Gasteiger partial charge is 0.344 e. The number of aromatic carboxylic acids is 1. The van der Waals surface area contributed by atoms with Crippen LogP contribution in [0.1, 0.15) is 17.3 Å². The lowest BCUT2D eigenvalue weighted by atomic mass is 10.2. The number of aliphatic carboxylic acids is 1. The molecule has 0 aliphatic heterocycles. The second-order valence-electron chi connectivity index (χ2n) is 3.16. The first kappa shape index (κ1) is 11.8. The van der Waals surface area contributed by atoms with Crippen molar-refractivity contribution in [2.45, 2.75) is 13.0 Å². The average molecular weight is 225 g/mol.